The van der Waals surface area contributed by atoms with Crippen LogP contribution >= 0.6 is 11.3 Å². The molecule has 1 aliphatic rings. The average molecular weight is 695 g/mol. The van der Waals surface area contributed by atoms with E-state index in [4.69, 9.17) is 0 Å². The lowest BCUT2D eigenvalue weighted by Crippen LogP contribution is -2.56. The second kappa shape index (κ2) is 16.1. The Morgan fingerprint density at radius 2 is 1.54 bits per heavy atom. The van der Waals surface area contributed by atoms with E-state index in [9.17, 15) is 22.8 Å². The number of rotatable bonds is 11. The molecule has 0 bridgehead atoms. The molecule has 1 aliphatic heterocycles. The summed E-state index contributed by atoms with van der Waals surface area (Å²) in [6.45, 7) is 3.49. The van der Waals surface area contributed by atoms with E-state index < -0.39 is 23.7 Å². The number of hydrogen-bond acceptors (Lipinski definition) is 5. The molecule has 3 aromatic carbocycles. The van der Waals surface area contributed by atoms with Crippen molar-refractivity contribution in [2.24, 2.45) is 0 Å². The van der Waals surface area contributed by atoms with Crippen molar-refractivity contribution in [3.05, 3.63) is 154 Å². The van der Waals surface area contributed by atoms with E-state index in [1.54, 1.807) is 22.4 Å². The minimum atomic E-state index is -4.46. The molecule has 3 heterocycles. The molecule has 2 aromatic heterocycles. The van der Waals surface area contributed by atoms with Gasteiger partial charge in [-0.2, -0.15) is 24.5 Å². The molecule has 50 heavy (non-hydrogen) atoms. The van der Waals surface area contributed by atoms with Gasteiger partial charge in [0.1, 0.15) is 6.04 Å². The van der Waals surface area contributed by atoms with E-state index in [0.29, 0.717) is 25.1 Å². The van der Waals surface area contributed by atoms with Crippen LogP contribution in [0.5, 0.6) is 0 Å². The smallest absolute Gasteiger partial charge is 0.338 e. The summed E-state index contributed by atoms with van der Waals surface area (Å²) in [6, 6.07) is 29.0. The van der Waals surface area contributed by atoms with E-state index in [1.165, 1.54) is 29.8 Å². The molecule has 6 rings (SSSR count). The van der Waals surface area contributed by atoms with Gasteiger partial charge in [0.05, 0.1) is 11.3 Å². The number of pyridine rings is 1. The molecule has 256 valence electrons. The maximum absolute atomic E-state index is 14.5. The SMILES string of the molecule is O=C([C@H](Cc1ccccc1)N(Cc1ccc(-c2ccccn2)cc1)C(=O)/C=C\c1ccc(C(F)(F)F)cc1)N1CCN(Cc2ccsc2)CC1. The lowest BCUT2D eigenvalue weighted by Gasteiger charge is -2.39. The maximum Gasteiger partial charge on any atom is 0.416 e. The first-order valence-electron chi connectivity index (χ1n) is 16.5. The van der Waals surface area contributed by atoms with Crippen molar-refractivity contribution in [1.82, 2.24) is 19.7 Å². The number of thiophene rings is 1. The Morgan fingerprint density at radius 1 is 0.820 bits per heavy atom. The molecule has 0 unspecified atom stereocenters. The van der Waals surface area contributed by atoms with Gasteiger partial charge in [-0.25, -0.2) is 0 Å². The topological polar surface area (TPSA) is 56.8 Å². The highest BCUT2D eigenvalue weighted by Crippen LogP contribution is 2.29. The molecular weight excluding hydrogens is 658 g/mol. The molecular formula is C40H37F3N4O2S. The van der Waals surface area contributed by atoms with Crippen LogP contribution in [-0.4, -0.2) is 63.7 Å². The van der Waals surface area contributed by atoms with Gasteiger partial charge in [0.15, 0.2) is 0 Å². The minimum absolute atomic E-state index is 0.134. The number of piperazine rings is 1. The zero-order chi connectivity index (χ0) is 34.9. The number of benzene rings is 3. The number of aromatic nitrogens is 1. The fourth-order valence-corrected chi connectivity index (χ4v) is 6.71. The van der Waals surface area contributed by atoms with Gasteiger partial charge in [-0.05, 0) is 69.4 Å². The fourth-order valence-electron chi connectivity index (χ4n) is 6.05. The first-order valence-corrected chi connectivity index (χ1v) is 17.4. The molecule has 0 radical (unpaired) electrons. The van der Waals surface area contributed by atoms with Gasteiger partial charge in [0.25, 0.3) is 0 Å². The van der Waals surface area contributed by atoms with Crippen LogP contribution in [-0.2, 0) is 35.3 Å². The molecule has 2 amide bonds. The standard InChI is InChI=1S/C40H37F3N4O2S/c41-40(42,43)35-16-11-30(12-17-35)13-18-38(48)47(28-32-9-14-34(15-10-32)36-8-4-5-20-44-36)37(26-31-6-2-1-3-7-31)39(49)46-23-21-45(22-24-46)27-33-19-25-50-29-33/h1-20,25,29,37H,21-24,26-28H2/b18-13-/t37-/m0/s1. The molecule has 0 saturated carbocycles. The Labute approximate surface area is 294 Å². The molecule has 10 heteroatoms. The van der Waals surface area contributed by atoms with Crippen LogP contribution in [0.15, 0.2) is 126 Å². The third kappa shape index (κ3) is 9.13. The summed E-state index contributed by atoms with van der Waals surface area (Å²) in [5, 5.41) is 4.20. The summed E-state index contributed by atoms with van der Waals surface area (Å²) in [5.41, 5.74) is 4.42. The predicted molar refractivity (Wildman–Crippen MR) is 191 cm³/mol. The Kier molecular flexibility index (Phi) is 11.2. The van der Waals surface area contributed by atoms with Crippen molar-refractivity contribution < 1.29 is 22.8 Å². The third-order valence-corrected chi connectivity index (χ3v) is 9.54. The Bertz CT molecular complexity index is 1860. The Hall–Kier alpha value is -5.06. The summed E-state index contributed by atoms with van der Waals surface area (Å²) in [7, 11) is 0. The van der Waals surface area contributed by atoms with Crippen LogP contribution in [0.1, 0.15) is 27.8 Å². The van der Waals surface area contributed by atoms with E-state index >= 15 is 0 Å². The summed E-state index contributed by atoms with van der Waals surface area (Å²) in [6.07, 6.45) is 0.415. The molecule has 1 atom stereocenters. The van der Waals surface area contributed by atoms with E-state index in [-0.39, 0.29) is 12.5 Å². The minimum Gasteiger partial charge on any atom is -0.338 e. The van der Waals surface area contributed by atoms with Gasteiger partial charge in [0.2, 0.25) is 11.8 Å². The van der Waals surface area contributed by atoms with E-state index in [0.717, 1.165) is 54.2 Å². The number of carbonyl (C=O) groups excluding carboxylic acids is 2. The highest BCUT2D eigenvalue weighted by Gasteiger charge is 2.34. The number of hydrogen-bond donors (Lipinski definition) is 0. The second-order valence-corrected chi connectivity index (χ2v) is 13.0. The zero-order valence-corrected chi connectivity index (χ0v) is 28.2. The Morgan fingerprint density at radius 3 is 2.18 bits per heavy atom. The van der Waals surface area contributed by atoms with Crippen LogP contribution in [0.2, 0.25) is 0 Å². The molecule has 0 N–H and O–H groups in total. The third-order valence-electron chi connectivity index (χ3n) is 8.81. The number of nitrogens with zero attached hydrogens (tertiary/aromatic N) is 4. The van der Waals surface area contributed by atoms with Gasteiger partial charge >= 0.3 is 6.18 Å². The monoisotopic (exact) mass is 694 g/mol. The van der Waals surface area contributed by atoms with Gasteiger partial charge in [-0.1, -0.05) is 72.8 Å². The van der Waals surface area contributed by atoms with Gasteiger partial charge < -0.3 is 9.80 Å². The summed E-state index contributed by atoms with van der Waals surface area (Å²) in [5.74, 6) is -0.547. The lowest BCUT2D eigenvalue weighted by atomic mass is 10.0. The van der Waals surface area contributed by atoms with Crippen LogP contribution in [0.4, 0.5) is 13.2 Å². The van der Waals surface area contributed by atoms with Crippen LogP contribution in [0.3, 0.4) is 0 Å². The van der Waals surface area contributed by atoms with Crippen LogP contribution in [0.25, 0.3) is 17.3 Å². The van der Waals surface area contributed by atoms with Crippen LogP contribution < -0.4 is 0 Å². The molecule has 0 spiro atoms. The number of carbonyl (C=O) groups is 2. The molecule has 1 fully saturated rings. The predicted octanol–water partition coefficient (Wildman–Crippen LogP) is 7.83. The van der Waals surface area contributed by atoms with Crippen molar-refractivity contribution in [2.75, 3.05) is 26.2 Å². The van der Waals surface area contributed by atoms with Gasteiger partial charge in [-0.15, -0.1) is 0 Å². The molecule has 1 saturated heterocycles. The molecule has 6 nitrogen and oxygen atoms in total. The number of alkyl halides is 3. The average Bonchev–Trinajstić information content (AvgIpc) is 3.66. The van der Waals surface area contributed by atoms with Gasteiger partial charge in [0, 0.05) is 63.5 Å². The van der Waals surface area contributed by atoms with Crippen molar-refractivity contribution in [1.29, 1.82) is 0 Å². The second-order valence-electron chi connectivity index (χ2n) is 12.3. The maximum atomic E-state index is 14.5. The quantitative estimate of drug-likeness (QED) is 0.132. The summed E-state index contributed by atoms with van der Waals surface area (Å²) >= 11 is 1.67. The molecule has 5 aromatic rings. The summed E-state index contributed by atoms with van der Waals surface area (Å²) < 4.78 is 39.5. The molecule has 0 aliphatic carbocycles. The highest BCUT2D eigenvalue weighted by atomic mass is 32.1. The van der Waals surface area contributed by atoms with Crippen molar-refractivity contribution >= 4 is 29.2 Å². The largest absolute Gasteiger partial charge is 0.416 e. The van der Waals surface area contributed by atoms with Crippen molar-refractivity contribution in [2.45, 2.75) is 31.7 Å². The first-order chi connectivity index (χ1) is 24.2. The normalized spacial score (nSPS) is 14.5. The van der Waals surface area contributed by atoms with Crippen molar-refractivity contribution in [3.8, 4) is 11.3 Å². The van der Waals surface area contributed by atoms with Crippen molar-refractivity contribution in [3.63, 3.8) is 0 Å². The highest BCUT2D eigenvalue weighted by molar-refractivity contribution is 7.07. The van der Waals surface area contributed by atoms with Crippen LogP contribution in [0, 0.1) is 0 Å². The number of halogens is 3. The van der Waals surface area contributed by atoms with E-state index in [1.807, 2.05) is 77.7 Å². The lowest BCUT2D eigenvalue weighted by molar-refractivity contribution is -0.145. The number of amides is 2. The Balaban J connectivity index is 1.28. The first kappa shape index (κ1) is 34.8. The fraction of sp³-hybridized carbons (Fsp3) is 0.225. The summed E-state index contributed by atoms with van der Waals surface area (Å²) in [4.78, 5) is 38.8. The van der Waals surface area contributed by atoms with Gasteiger partial charge in [-0.3, -0.25) is 19.5 Å². The zero-order valence-electron chi connectivity index (χ0n) is 27.4. The van der Waals surface area contributed by atoms with E-state index in [2.05, 4.69) is 26.7 Å².